The molecule has 7 nitrogen and oxygen atoms in total. The fourth-order valence-electron chi connectivity index (χ4n) is 3.54. The number of carbonyl (C=O) groups is 2. The third-order valence-electron chi connectivity index (χ3n) is 5.26. The molecule has 0 unspecified atom stereocenters. The lowest BCUT2D eigenvalue weighted by molar-refractivity contribution is -0.132. The average molecular weight is 465 g/mol. The molecule has 0 heterocycles. The molecule has 2 amide bonds. The van der Waals surface area contributed by atoms with Crippen molar-refractivity contribution in [3.05, 3.63) is 52.5 Å². The van der Waals surface area contributed by atoms with E-state index >= 15 is 0 Å². The first-order valence-corrected chi connectivity index (χ1v) is 11.9. The van der Waals surface area contributed by atoms with Crippen LogP contribution >= 0.6 is 11.6 Å². The monoisotopic (exact) mass is 464 g/mol. The number of sulfone groups is 1. The molecular weight excluding hydrogens is 440 g/mol. The molecular formula is C22H25ClN2O5S. The number of halogens is 1. The number of fused-ring (bicyclic) bond motifs is 1. The number of ether oxygens (including phenoxy) is 1. The second-order valence-electron chi connectivity index (χ2n) is 7.50. The summed E-state index contributed by atoms with van der Waals surface area (Å²) in [6.07, 6.45) is 2.68. The van der Waals surface area contributed by atoms with E-state index in [9.17, 15) is 18.0 Å². The number of nitrogens with one attached hydrogen (secondary N) is 1. The summed E-state index contributed by atoms with van der Waals surface area (Å²) in [6, 6.07) is 9.99. The zero-order valence-electron chi connectivity index (χ0n) is 17.5. The number of rotatable bonds is 8. The maximum atomic E-state index is 12.6. The van der Waals surface area contributed by atoms with Gasteiger partial charge < -0.3 is 15.0 Å². The fourth-order valence-corrected chi connectivity index (χ4v) is 4.99. The minimum absolute atomic E-state index is 0.205. The molecule has 9 heteroatoms. The summed E-state index contributed by atoms with van der Waals surface area (Å²) in [5.74, 6) is -0.749. The summed E-state index contributed by atoms with van der Waals surface area (Å²) >= 11 is 5.95. The highest BCUT2D eigenvalue weighted by molar-refractivity contribution is 7.91. The second-order valence-corrected chi connectivity index (χ2v) is 10.0. The quantitative estimate of drug-likeness (QED) is 0.648. The van der Waals surface area contributed by atoms with Gasteiger partial charge in [0.2, 0.25) is 11.8 Å². The molecule has 3 rings (SSSR count). The van der Waals surface area contributed by atoms with Gasteiger partial charge in [0.15, 0.2) is 9.84 Å². The molecule has 0 saturated heterocycles. The zero-order chi connectivity index (χ0) is 22.6. The van der Waals surface area contributed by atoms with E-state index in [2.05, 4.69) is 5.32 Å². The molecule has 0 aromatic heterocycles. The van der Waals surface area contributed by atoms with Gasteiger partial charge in [0.25, 0.3) is 0 Å². The lowest BCUT2D eigenvalue weighted by atomic mass is 10.1. The number of anilines is 1. The van der Waals surface area contributed by atoms with Crippen molar-refractivity contribution in [2.24, 2.45) is 0 Å². The van der Waals surface area contributed by atoms with E-state index in [1.807, 2.05) is 6.07 Å². The van der Waals surface area contributed by atoms with Crippen LogP contribution in [0.15, 0.2) is 41.3 Å². The normalized spacial score (nSPS) is 12.9. The highest BCUT2D eigenvalue weighted by atomic mass is 35.5. The van der Waals surface area contributed by atoms with E-state index < -0.39 is 21.7 Å². The Morgan fingerprint density at radius 1 is 1.13 bits per heavy atom. The van der Waals surface area contributed by atoms with Gasteiger partial charge in [-0.1, -0.05) is 17.7 Å². The molecule has 1 N–H and O–H groups in total. The number of carbonyl (C=O) groups excluding carboxylic acids is 2. The van der Waals surface area contributed by atoms with Crippen LogP contribution in [0.1, 0.15) is 24.0 Å². The minimum Gasteiger partial charge on any atom is -0.495 e. The van der Waals surface area contributed by atoms with Crippen LogP contribution in [0.3, 0.4) is 0 Å². The zero-order valence-corrected chi connectivity index (χ0v) is 19.1. The molecule has 0 aliphatic heterocycles. The Bertz CT molecular complexity index is 1100. The van der Waals surface area contributed by atoms with Gasteiger partial charge >= 0.3 is 0 Å². The maximum absolute atomic E-state index is 12.6. The van der Waals surface area contributed by atoms with Gasteiger partial charge in [-0.2, -0.15) is 0 Å². The largest absolute Gasteiger partial charge is 0.495 e. The number of hydrogen-bond donors (Lipinski definition) is 1. The van der Waals surface area contributed by atoms with Gasteiger partial charge in [0.1, 0.15) is 5.75 Å². The SMILES string of the molecule is COc1ccc(Cl)cc1NC(=O)CN(C)C(=O)CCS(=O)(=O)c1ccc2c(c1)CCC2. The van der Waals surface area contributed by atoms with Crippen molar-refractivity contribution in [1.29, 1.82) is 0 Å². The Hall–Kier alpha value is -2.58. The highest BCUT2D eigenvalue weighted by Gasteiger charge is 2.22. The summed E-state index contributed by atoms with van der Waals surface area (Å²) in [5, 5.41) is 3.08. The van der Waals surface area contributed by atoms with Crippen LogP contribution in [0, 0.1) is 0 Å². The van der Waals surface area contributed by atoms with E-state index in [4.69, 9.17) is 16.3 Å². The van der Waals surface area contributed by atoms with Crippen molar-refractivity contribution < 1.29 is 22.7 Å². The maximum Gasteiger partial charge on any atom is 0.244 e. The number of hydrogen-bond acceptors (Lipinski definition) is 5. The topological polar surface area (TPSA) is 92.8 Å². The Kier molecular flexibility index (Phi) is 7.23. The van der Waals surface area contributed by atoms with Gasteiger partial charge in [-0.3, -0.25) is 9.59 Å². The standard InChI is InChI=1S/C22H25ClN2O5S/c1-25(14-21(26)24-19-13-17(23)7-9-20(19)30-2)22(27)10-11-31(28,29)18-8-6-15-4-3-5-16(15)12-18/h6-9,12-13H,3-5,10-11,14H2,1-2H3,(H,24,26). The summed E-state index contributed by atoms with van der Waals surface area (Å²) in [4.78, 5) is 26.2. The molecule has 0 bridgehead atoms. The van der Waals surface area contributed by atoms with Crippen molar-refractivity contribution in [2.45, 2.75) is 30.6 Å². The summed E-state index contributed by atoms with van der Waals surface area (Å²) in [7, 11) is -0.655. The average Bonchev–Trinajstić information content (AvgIpc) is 3.20. The van der Waals surface area contributed by atoms with E-state index in [0.717, 1.165) is 24.8 Å². The van der Waals surface area contributed by atoms with Crippen molar-refractivity contribution in [3.63, 3.8) is 0 Å². The van der Waals surface area contributed by atoms with Crippen LogP contribution in [-0.4, -0.2) is 51.6 Å². The molecule has 2 aromatic rings. The van der Waals surface area contributed by atoms with Crippen LogP contribution in [0.5, 0.6) is 5.75 Å². The predicted molar refractivity (Wildman–Crippen MR) is 119 cm³/mol. The first kappa shape index (κ1) is 23.1. The fraction of sp³-hybridized carbons (Fsp3) is 0.364. The number of benzene rings is 2. The predicted octanol–water partition coefficient (Wildman–Crippen LogP) is 3.10. The van der Waals surface area contributed by atoms with Crippen molar-refractivity contribution in [3.8, 4) is 5.75 Å². The first-order valence-electron chi connectivity index (χ1n) is 9.91. The molecule has 31 heavy (non-hydrogen) atoms. The summed E-state index contributed by atoms with van der Waals surface area (Å²) in [5.41, 5.74) is 2.65. The van der Waals surface area contributed by atoms with Gasteiger partial charge in [-0.05, 0) is 60.7 Å². The van der Waals surface area contributed by atoms with Crippen molar-refractivity contribution in [1.82, 2.24) is 4.90 Å². The van der Waals surface area contributed by atoms with Crippen LogP contribution in [-0.2, 0) is 32.3 Å². The Labute approximate surface area is 187 Å². The van der Waals surface area contributed by atoms with E-state index in [1.54, 1.807) is 30.3 Å². The smallest absolute Gasteiger partial charge is 0.244 e. The molecule has 0 fully saturated rings. The number of aryl methyl sites for hydroxylation is 2. The van der Waals surface area contributed by atoms with Crippen molar-refractivity contribution in [2.75, 3.05) is 31.8 Å². The Morgan fingerprint density at radius 2 is 1.87 bits per heavy atom. The third-order valence-corrected chi connectivity index (χ3v) is 7.20. The van der Waals surface area contributed by atoms with E-state index in [-0.39, 0.29) is 23.6 Å². The van der Waals surface area contributed by atoms with Crippen LogP contribution in [0.4, 0.5) is 5.69 Å². The second kappa shape index (κ2) is 9.70. The molecule has 166 valence electrons. The number of nitrogens with zero attached hydrogens (tertiary/aromatic N) is 1. The molecule has 1 aliphatic rings. The van der Waals surface area contributed by atoms with Crippen LogP contribution in [0.25, 0.3) is 0 Å². The van der Waals surface area contributed by atoms with Crippen LogP contribution < -0.4 is 10.1 Å². The Balaban J connectivity index is 1.55. The lowest BCUT2D eigenvalue weighted by Crippen LogP contribution is -2.35. The molecule has 1 aliphatic carbocycles. The van der Waals surface area contributed by atoms with Gasteiger partial charge in [0, 0.05) is 18.5 Å². The van der Waals surface area contributed by atoms with Gasteiger partial charge in [-0.15, -0.1) is 0 Å². The molecule has 0 saturated carbocycles. The summed E-state index contributed by atoms with van der Waals surface area (Å²) in [6.45, 7) is -0.229. The molecule has 0 radical (unpaired) electrons. The van der Waals surface area contributed by atoms with Crippen LogP contribution in [0.2, 0.25) is 5.02 Å². The molecule has 0 atom stereocenters. The summed E-state index contributed by atoms with van der Waals surface area (Å²) < 4.78 is 30.5. The third kappa shape index (κ3) is 5.77. The molecule has 0 spiro atoms. The number of methoxy groups -OCH3 is 1. The Morgan fingerprint density at radius 3 is 2.61 bits per heavy atom. The van der Waals surface area contributed by atoms with Crippen molar-refractivity contribution >= 4 is 38.9 Å². The van der Waals surface area contributed by atoms with E-state index in [0.29, 0.717) is 16.5 Å². The van der Waals surface area contributed by atoms with Gasteiger partial charge in [-0.25, -0.2) is 8.42 Å². The number of amides is 2. The molecule has 2 aromatic carbocycles. The van der Waals surface area contributed by atoms with E-state index in [1.165, 1.54) is 24.6 Å². The first-order chi connectivity index (χ1) is 14.7. The number of likely N-dealkylation sites (N-methyl/N-ethyl adjacent to an activating group) is 1. The van der Waals surface area contributed by atoms with Gasteiger partial charge in [0.05, 0.1) is 30.0 Å². The minimum atomic E-state index is -3.58. The lowest BCUT2D eigenvalue weighted by Gasteiger charge is -2.18. The highest BCUT2D eigenvalue weighted by Crippen LogP contribution is 2.28.